The quantitative estimate of drug-likeness (QED) is 0.0692. The summed E-state index contributed by atoms with van der Waals surface area (Å²) in [6, 6.07) is 111. The predicted molar refractivity (Wildman–Crippen MR) is 308 cm³/mol. The van der Waals surface area contributed by atoms with Crippen molar-refractivity contribution >= 4 is 90.2 Å². The molecule has 0 aliphatic carbocycles. The summed E-state index contributed by atoms with van der Waals surface area (Å²) in [5.74, 6) is 0. The van der Waals surface area contributed by atoms with Crippen LogP contribution in [0.15, 0.2) is 297 Å². The molecule has 0 atom stereocenters. The van der Waals surface area contributed by atoms with E-state index < -0.39 is 16.1 Å². The summed E-state index contributed by atoms with van der Waals surface area (Å²) >= 11 is 0. The molecule has 0 spiro atoms. The molecule has 1 aromatic heterocycles. The van der Waals surface area contributed by atoms with Crippen molar-refractivity contribution in [3.8, 4) is 27.9 Å². The van der Waals surface area contributed by atoms with Crippen LogP contribution in [-0.2, 0) is 0 Å². The third-order valence-corrected chi connectivity index (χ3v) is 24.6. The Labute approximate surface area is 417 Å². The van der Waals surface area contributed by atoms with Gasteiger partial charge in [0.15, 0.2) is 16.1 Å². The van der Waals surface area contributed by atoms with Gasteiger partial charge in [0, 0.05) is 16.5 Å². The van der Waals surface area contributed by atoms with Gasteiger partial charge >= 0.3 is 0 Å². The number of benzene rings is 12. The van der Waals surface area contributed by atoms with E-state index in [1.54, 1.807) is 0 Å². The molecule has 0 fully saturated rings. The Morgan fingerprint density at radius 3 is 0.746 bits per heavy atom. The van der Waals surface area contributed by atoms with Crippen LogP contribution in [0.4, 0.5) is 0 Å². The summed E-state index contributed by atoms with van der Waals surface area (Å²) in [6.07, 6.45) is 0. The summed E-state index contributed by atoms with van der Waals surface area (Å²) in [5, 5.41) is 16.1. The van der Waals surface area contributed by atoms with Crippen LogP contribution in [0.5, 0.6) is 0 Å². The second kappa shape index (κ2) is 17.7. The number of aromatic nitrogens is 1. The molecular weight excluding hydrogens is 887 g/mol. The summed E-state index contributed by atoms with van der Waals surface area (Å²) < 4.78 is 2.50. The van der Waals surface area contributed by atoms with Gasteiger partial charge in [0.1, 0.15) is 0 Å². The molecule has 71 heavy (non-hydrogen) atoms. The van der Waals surface area contributed by atoms with E-state index in [1.165, 1.54) is 96.3 Å². The van der Waals surface area contributed by atoms with Crippen LogP contribution in [0.1, 0.15) is 0 Å². The minimum Gasteiger partial charge on any atom is -0.309 e. The van der Waals surface area contributed by atoms with E-state index >= 15 is 0 Å². The predicted octanol–water partition coefficient (Wildman–Crippen LogP) is 11.5. The Morgan fingerprint density at radius 2 is 0.465 bits per heavy atom. The third-order valence-electron chi connectivity index (χ3n) is 15.0. The molecule has 0 bridgehead atoms. The number of rotatable bonds is 11. The summed E-state index contributed by atoms with van der Waals surface area (Å²) in [5.41, 5.74) is 8.40. The SMILES string of the molecule is c1ccc(-n2c3cc(-c4ccc([Si](c5ccccc5)(c5ccccc5)c5ccccc5)cc4)cc4ccc5cc(-c6ccc([Si](c7ccccc7)(c7ccccc7)c7ccccc7)cc6)cc2c5c43)cc1. The second-order valence-corrected chi connectivity index (χ2v) is 26.4. The fourth-order valence-corrected chi connectivity index (χ4v) is 21.4. The minimum atomic E-state index is -2.66. The second-order valence-electron chi connectivity index (χ2n) is 18.8. The van der Waals surface area contributed by atoms with Gasteiger partial charge in [-0.15, -0.1) is 0 Å². The monoisotopic (exact) mass is 935 g/mol. The Bertz CT molecular complexity index is 3480. The van der Waals surface area contributed by atoms with Crippen LogP contribution < -0.4 is 41.5 Å². The highest BCUT2D eigenvalue weighted by Gasteiger charge is 2.42. The number of hydrogen-bond acceptors (Lipinski definition) is 0. The maximum absolute atomic E-state index is 2.66. The molecule has 1 heterocycles. The number of hydrogen-bond donors (Lipinski definition) is 0. The van der Waals surface area contributed by atoms with Gasteiger partial charge in [0.05, 0.1) is 11.0 Å². The molecule has 0 N–H and O–H groups in total. The zero-order valence-corrected chi connectivity index (χ0v) is 41.2. The fraction of sp³-hybridized carbons (Fsp3) is 0. The van der Waals surface area contributed by atoms with Crippen LogP contribution in [-0.4, -0.2) is 20.7 Å². The van der Waals surface area contributed by atoms with E-state index in [4.69, 9.17) is 0 Å². The fourth-order valence-electron chi connectivity index (χ4n) is 11.9. The van der Waals surface area contributed by atoms with Gasteiger partial charge < -0.3 is 4.57 Å². The maximum Gasteiger partial charge on any atom is 0.179 e. The van der Waals surface area contributed by atoms with Crippen molar-refractivity contribution in [2.75, 3.05) is 0 Å². The summed E-state index contributed by atoms with van der Waals surface area (Å²) in [4.78, 5) is 0. The molecule has 0 aliphatic heterocycles. The first-order valence-electron chi connectivity index (χ1n) is 24.7. The van der Waals surface area contributed by atoms with Crippen LogP contribution >= 0.6 is 0 Å². The lowest BCUT2D eigenvalue weighted by Crippen LogP contribution is -2.74. The summed E-state index contributed by atoms with van der Waals surface area (Å²) in [6.45, 7) is 0. The highest BCUT2D eigenvalue weighted by atomic mass is 28.3. The molecule has 1 nitrogen and oxygen atoms in total. The van der Waals surface area contributed by atoms with Gasteiger partial charge in [-0.25, -0.2) is 0 Å². The van der Waals surface area contributed by atoms with Crippen molar-refractivity contribution in [1.82, 2.24) is 4.57 Å². The lowest BCUT2D eigenvalue weighted by molar-refractivity contribution is 1.18. The molecule has 334 valence electrons. The van der Waals surface area contributed by atoms with E-state index in [2.05, 4.69) is 302 Å². The smallest absolute Gasteiger partial charge is 0.179 e. The van der Waals surface area contributed by atoms with Crippen molar-refractivity contribution in [2.24, 2.45) is 0 Å². The highest BCUT2D eigenvalue weighted by molar-refractivity contribution is 7.20. The molecule has 12 aromatic carbocycles. The average molecular weight is 936 g/mol. The molecule has 13 rings (SSSR count). The molecule has 0 radical (unpaired) electrons. The third kappa shape index (κ3) is 6.96. The average Bonchev–Trinajstić information content (AvgIpc) is 3.80. The Hall–Kier alpha value is -8.61. The number of para-hydroxylation sites is 1. The molecule has 0 saturated heterocycles. The van der Waals surface area contributed by atoms with Crippen molar-refractivity contribution in [1.29, 1.82) is 0 Å². The van der Waals surface area contributed by atoms with Crippen molar-refractivity contribution in [3.05, 3.63) is 297 Å². The van der Waals surface area contributed by atoms with Crippen LogP contribution in [0.2, 0.25) is 0 Å². The molecule has 0 amide bonds. The van der Waals surface area contributed by atoms with Gasteiger partial charge in [-0.1, -0.05) is 261 Å². The lowest BCUT2D eigenvalue weighted by atomic mass is 9.95. The molecule has 0 unspecified atom stereocenters. The normalized spacial score (nSPS) is 11.9. The molecule has 0 saturated carbocycles. The van der Waals surface area contributed by atoms with Crippen LogP contribution in [0.25, 0.3) is 60.5 Å². The topological polar surface area (TPSA) is 4.93 Å². The van der Waals surface area contributed by atoms with Gasteiger partial charge in [0.2, 0.25) is 0 Å². The van der Waals surface area contributed by atoms with Crippen LogP contribution in [0.3, 0.4) is 0 Å². The Kier molecular flexibility index (Phi) is 10.6. The van der Waals surface area contributed by atoms with Crippen molar-refractivity contribution < 1.29 is 0 Å². The van der Waals surface area contributed by atoms with Gasteiger partial charge in [-0.2, -0.15) is 0 Å². The van der Waals surface area contributed by atoms with E-state index in [1.807, 2.05) is 0 Å². The zero-order valence-electron chi connectivity index (χ0n) is 39.2. The summed E-state index contributed by atoms with van der Waals surface area (Å²) in [7, 11) is -5.32. The zero-order chi connectivity index (χ0) is 47.2. The van der Waals surface area contributed by atoms with Gasteiger partial charge in [-0.3, -0.25) is 0 Å². The first-order chi connectivity index (χ1) is 35.2. The highest BCUT2D eigenvalue weighted by Crippen LogP contribution is 2.43. The van der Waals surface area contributed by atoms with Crippen molar-refractivity contribution in [3.63, 3.8) is 0 Å². The van der Waals surface area contributed by atoms with Crippen molar-refractivity contribution in [2.45, 2.75) is 0 Å². The van der Waals surface area contributed by atoms with Crippen LogP contribution in [0, 0.1) is 0 Å². The first kappa shape index (κ1) is 42.5. The largest absolute Gasteiger partial charge is 0.309 e. The standard InChI is InChI=1S/C68H49NSi2/c1-8-22-56(23-9-1)69-65-48-54(50-38-42-63(43-39-50)70(57-24-10-2-11-25-57,58-26-12-3-13-27-58)59-28-14-4-15-29-59)46-52-36-37-53-47-55(49-66(69)68(53)67(52)65)51-40-44-64(45-41-51)71(60-30-16-5-17-31-60,61-32-18-6-19-33-61)62-34-20-7-21-35-62/h1-49H. The minimum absolute atomic E-state index is 1.15. The van der Waals surface area contributed by atoms with E-state index in [0.717, 1.165) is 5.69 Å². The van der Waals surface area contributed by atoms with E-state index in [0.29, 0.717) is 0 Å². The van der Waals surface area contributed by atoms with E-state index in [9.17, 15) is 0 Å². The lowest BCUT2D eigenvalue weighted by Gasteiger charge is -2.34. The first-order valence-corrected chi connectivity index (χ1v) is 28.7. The molecule has 3 heteroatoms. The Balaban J connectivity index is 0.960. The number of nitrogens with zero attached hydrogens (tertiary/aromatic N) is 1. The molecule has 13 aromatic rings. The molecule has 0 aliphatic rings. The van der Waals surface area contributed by atoms with Gasteiger partial charge in [-0.05, 0) is 111 Å². The van der Waals surface area contributed by atoms with Gasteiger partial charge in [0.25, 0.3) is 0 Å². The van der Waals surface area contributed by atoms with E-state index in [-0.39, 0.29) is 0 Å². The molecular formula is C68H49NSi2. The Morgan fingerprint density at radius 1 is 0.211 bits per heavy atom. The maximum atomic E-state index is 2.50.